The molecule has 102 valence electrons. The molecule has 0 aromatic carbocycles. The summed E-state index contributed by atoms with van der Waals surface area (Å²) in [4.78, 5) is 4.42. The number of pyridine rings is 1. The number of rotatable bonds is 8. The minimum absolute atomic E-state index is 0.308. The Kier molecular flexibility index (Phi) is 6.91. The first-order valence-corrected chi connectivity index (χ1v) is 6.91. The van der Waals surface area contributed by atoms with E-state index in [4.69, 9.17) is 4.74 Å². The van der Waals surface area contributed by atoms with Crippen molar-refractivity contribution >= 4 is 0 Å². The largest absolute Gasteiger partial charge is 0.372 e. The highest BCUT2D eigenvalue weighted by Crippen LogP contribution is 2.10. The topological polar surface area (TPSA) is 34.1 Å². The zero-order valence-electron chi connectivity index (χ0n) is 12.1. The van der Waals surface area contributed by atoms with Gasteiger partial charge in [-0.05, 0) is 25.0 Å². The van der Waals surface area contributed by atoms with Gasteiger partial charge in [-0.3, -0.25) is 4.98 Å². The molecule has 0 radical (unpaired) electrons. The predicted octanol–water partition coefficient (Wildman–Crippen LogP) is 3.28. The molecule has 0 spiro atoms. The van der Waals surface area contributed by atoms with E-state index >= 15 is 0 Å². The minimum atomic E-state index is 0.308. The van der Waals surface area contributed by atoms with Crippen molar-refractivity contribution in [1.29, 1.82) is 0 Å². The highest BCUT2D eigenvalue weighted by molar-refractivity contribution is 5.19. The fraction of sp³-hybridized carbons (Fsp3) is 0.667. The van der Waals surface area contributed by atoms with Crippen LogP contribution >= 0.6 is 0 Å². The second kappa shape index (κ2) is 8.22. The first kappa shape index (κ1) is 15.1. The lowest BCUT2D eigenvalue weighted by molar-refractivity contribution is 0.0448. The maximum atomic E-state index is 5.83. The highest BCUT2D eigenvalue weighted by Gasteiger charge is 2.07. The summed E-state index contributed by atoms with van der Waals surface area (Å²) in [5, 5.41) is 3.42. The van der Waals surface area contributed by atoms with Crippen LogP contribution in [0.3, 0.4) is 0 Å². The fourth-order valence-corrected chi connectivity index (χ4v) is 1.79. The quantitative estimate of drug-likeness (QED) is 0.769. The van der Waals surface area contributed by atoms with Crippen LogP contribution in [0.15, 0.2) is 18.3 Å². The van der Waals surface area contributed by atoms with E-state index in [0.29, 0.717) is 18.8 Å². The summed E-state index contributed by atoms with van der Waals surface area (Å²) in [6.07, 6.45) is 4.41. The molecule has 3 nitrogen and oxygen atoms in total. The Bertz CT molecular complexity index is 339. The molecule has 1 unspecified atom stereocenters. The van der Waals surface area contributed by atoms with E-state index in [-0.39, 0.29) is 0 Å². The Labute approximate surface area is 111 Å². The van der Waals surface area contributed by atoms with Crippen LogP contribution in [0.5, 0.6) is 0 Å². The lowest BCUT2D eigenvalue weighted by atomic mass is 10.2. The molecule has 0 aliphatic carbocycles. The van der Waals surface area contributed by atoms with Crippen LogP contribution in [-0.4, -0.2) is 17.1 Å². The molecule has 0 saturated carbocycles. The zero-order chi connectivity index (χ0) is 13.4. The number of aromatic nitrogens is 1. The van der Waals surface area contributed by atoms with Crippen molar-refractivity contribution in [3.8, 4) is 0 Å². The molecular formula is C15H26N2O. The number of hydrogen-bond acceptors (Lipinski definition) is 3. The van der Waals surface area contributed by atoms with Crippen molar-refractivity contribution in [3.05, 3.63) is 29.6 Å². The van der Waals surface area contributed by atoms with Gasteiger partial charge in [-0.1, -0.05) is 33.3 Å². The van der Waals surface area contributed by atoms with Gasteiger partial charge in [0.2, 0.25) is 0 Å². The summed E-state index contributed by atoms with van der Waals surface area (Å²) in [7, 11) is 0. The van der Waals surface area contributed by atoms with Gasteiger partial charge >= 0.3 is 0 Å². The van der Waals surface area contributed by atoms with Crippen LogP contribution in [0.2, 0.25) is 0 Å². The molecule has 0 aliphatic rings. The van der Waals surface area contributed by atoms with Gasteiger partial charge in [-0.25, -0.2) is 0 Å². The third-order valence-corrected chi connectivity index (χ3v) is 2.89. The third-order valence-electron chi connectivity index (χ3n) is 2.89. The van der Waals surface area contributed by atoms with Crippen molar-refractivity contribution < 1.29 is 4.74 Å². The van der Waals surface area contributed by atoms with Gasteiger partial charge in [0.25, 0.3) is 0 Å². The molecule has 1 aromatic rings. The summed E-state index contributed by atoms with van der Waals surface area (Å²) in [5.41, 5.74) is 2.28. The lowest BCUT2D eigenvalue weighted by Crippen LogP contribution is -2.23. The Morgan fingerprint density at radius 3 is 2.78 bits per heavy atom. The van der Waals surface area contributed by atoms with E-state index in [9.17, 15) is 0 Å². The molecule has 1 atom stereocenters. The van der Waals surface area contributed by atoms with E-state index in [1.54, 1.807) is 0 Å². The molecule has 3 heteroatoms. The smallest absolute Gasteiger partial charge is 0.0894 e. The van der Waals surface area contributed by atoms with E-state index in [0.717, 1.165) is 25.1 Å². The molecule has 1 aromatic heterocycles. The molecular weight excluding hydrogens is 224 g/mol. The second-order valence-electron chi connectivity index (χ2n) is 5.06. The predicted molar refractivity (Wildman–Crippen MR) is 75.4 cm³/mol. The van der Waals surface area contributed by atoms with E-state index in [1.807, 2.05) is 12.3 Å². The lowest BCUT2D eigenvalue weighted by Gasteiger charge is -2.15. The van der Waals surface area contributed by atoms with E-state index in [2.05, 4.69) is 44.1 Å². The van der Waals surface area contributed by atoms with E-state index < -0.39 is 0 Å². The van der Waals surface area contributed by atoms with Gasteiger partial charge in [-0.2, -0.15) is 0 Å². The van der Waals surface area contributed by atoms with Crippen molar-refractivity contribution in [2.24, 2.45) is 0 Å². The molecule has 1 rings (SSSR count). The van der Waals surface area contributed by atoms with Crippen LogP contribution in [-0.2, 0) is 17.9 Å². The SMILES string of the molecule is CCCC(C)OCc1ncccc1CNC(C)C. The fourth-order valence-electron chi connectivity index (χ4n) is 1.79. The Morgan fingerprint density at radius 1 is 1.33 bits per heavy atom. The Balaban J connectivity index is 2.53. The van der Waals surface area contributed by atoms with Crippen LogP contribution in [0.4, 0.5) is 0 Å². The monoisotopic (exact) mass is 250 g/mol. The van der Waals surface area contributed by atoms with E-state index in [1.165, 1.54) is 5.56 Å². The number of nitrogens with zero attached hydrogens (tertiary/aromatic N) is 1. The molecule has 18 heavy (non-hydrogen) atoms. The van der Waals surface area contributed by atoms with Crippen molar-refractivity contribution in [1.82, 2.24) is 10.3 Å². The molecule has 1 N–H and O–H groups in total. The van der Waals surface area contributed by atoms with Crippen molar-refractivity contribution in [3.63, 3.8) is 0 Å². The van der Waals surface area contributed by atoms with Crippen LogP contribution < -0.4 is 5.32 Å². The summed E-state index contributed by atoms with van der Waals surface area (Å²) in [5.74, 6) is 0. The van der Waals surface area contributed by atoms with Gasteiger partial charge in [0.15, 0.2) is 0 Å². The average Bonchev–Trinajstić information content (AvgIpc) is 2.35. The van der Waals surface area contributed by atoms with Gasteiger partial charge in [-0.15, -0.1) is 0 Å². The number of ether oxygens (including phenoxy) is 1. The average molecular weight is 250 g/mol. The van der Waals surface area contributed by atoms with Crippen LogP contribution in [0.25, 0.3) is 0 Å². The van der Waals surface area contributed by atoms with Crippen molar-refractivity contribution in [2.75, 3.05) is 0 Å². The Hall–Kier alpha value is -0.930. The summed E-state index contributed by atoms with van der Waals surface area (Å²) >= 11 is 0. The maximum Gasteiger partial charge on any atom is 0.0894 e. The zero-order valence-corrected chi connectivity index (χ0v) is 12.1. The first-order chi connectivity index (χ1) is 8.63. The normalized spacial score (nSPS) is 12.9. The van der Waals surface area contributed by atoms with Gasteiger partial charge in [0.1, 0.15) is 0 Å². The summed E-state index contributed by atoms with van der Waals surface area (Å²) in [6, 6.07) is 4.58. The third kappa shape index (κ3) is 5.61. The molecule has 0 bridgehead atoms. The highest BCUT2D eigenvalue weighted by atomic mass is 16.5. The van der Waals surface area contributed by atoms with Gasteiger partial charge in [0.05, 0.1) is 18.4 Å². The number of nitrogens with one attached hydrogen (secondary N) is 1. The van der Waals surface area contributed by atoms with Crippen LogP contribution in [0.1, 0.15) is 51.8 Å². The molecule has 0 saturated heterocycles. The molecule has 0 aliphatic heterocycles. The standard InChI is InChI=1S/C15H26N2O/c1-5-7-13(4)18-11-15-14(8-6-9-16-15)10-17-12(2)3/h6,8-9,12-13,17H,5,7,10-11H2,1-4H3. The summed E-state index contributed by atoms with van der Waals surface area (Å²) < 4.78 is 5.83. The summed E-state index contributed by atoms with van der Waals surface area (Å²) in [6.45, 7) is 10.1. The first-order valence-electron chi connectivity index (χ1n) is 6.91. The van der Waals surface area contributed by atoms with Gasteiger partial charge < -0.3 is 10.1 Å². The minimum Gasteiger partial charge on any atom is -0.372 e. The molecule has 0 amide bonds. The Morgan fingerprint density at radius 2 is 2.11 bits per heavy atom. The number of hydrogen-bond donors (Lipinski definition) is 1. The van der Waals surface area contributed by atoms with Crippen LogP contribution in [0, 0.1) is 0 Å². The molecule has 1 heterocycles. The second-order valence-corrected chi connectivity index (χ2v) is 5.06. The maximum absolute atomic E-state index is 5.83. The van der Waals surface area contributed by atoms with Crippen molar-refractivity contribution in [2.45, 2.75) is 65.8 Å². The molecule has 0 fully saturated rings. The van der Waals surface area contributed by atoms with Gasteiger partial charge in [0, 0.05) is 18.8 Å².